The molecule has 0 aliphatic rings. The summed E-state index contributed by atoms with van der Waals surface area (Å²) < 4.78 is 0. The van der Waals surface area contributed by atoms with Gasteiger partial charge >= 0.3 is 0 Å². The van der Waals surface area contributed by atoms with Crippen LogP contribution in [-0.4, -0.2) is 11.7 Å². The number of unbranched alkanes of at least 4 members (excludes halogenated alkanes) is 26. The highest BCUT2D eigenvalue weighted by atomic mass is 16.2. The predicted molar refractivity (Wildman–Crippen MR) is 170 cm³/mol. The molecule has 0 saturated heterocycles. The van der Waals surface area contributed by atoms with Crippen molar-refractivity contribution in [3.8, 4) is 0 Å². The number of hydrogen-bond acceptors (Lipinski definition) is 1. The van der Waals surface area contributed by atoms with Crippen molar-refractivity contribution in [2.45, 2.75) is 219 Å². The molecule has 0 aliphatic carbocycles. The fraction of sp³-hybridized carbons (Fsp3) is 1.00. The van der Waals surface area contributed by atoms with Gasteiger partial charge in [0.05, 0.1) is 0 Å². The lowest BCUT2D eigenvalue weighted by molar-refractivity contribution is 0.261. The van der Waals surface area contributed by atoms with Gasteiger partial charge in [-0.05, 0) is 18.8 Å². The van der Waals surface area contributed by atoms with Gasteiger partial charge in [0.15, 0.2) is 0 Å². The number of hydrogen-bond donors (Lipinski definition) is 1. The second-order valence-electron chi connectivity index (χ2n) is 12.5. The maximum Gasteiger partial charge on any atom is 0.0431 e. The summed E-state index contributed by atoms with van der Waals surface area (Å²) in [6, 6.07) is 0. The van der Waals surface area contributed by atoms with Gasteiger partial charge in [-0.3, -0.25) is 0 Å². The van der Waals surface area contributed by atoms with Crippen LogP contribution in [0.5, 0.6) is 0 Å². The minimum atomic E-state index is 0.383. The van der Waals surface area contributed by atoms with Gasteiger partial charge in [0, 0.05) is 6.61 Å². The van der Waals surface area contributed by atoms with Gasteiger partial charge < -0.3 is 5.11 Å². The lowest BCUT2D eigenvalue weighted by Gasteiger charge is -2.16. The first-order valence-corrected chi connectivity index (χ1v) is 18.0. The van der Waals surface area contributed by atoms with Crippen LogP contribution >= 0.6 is 0 Å². The molecule has 0 aliphatic heterocycles. The molecule has 0 radical (unpaired) electrons. The summed E-state index contributed by atoms with van der Waals surface area (Å²) in [6.07, 6.45) is 45.7. The Morgan fingerprint density at radius 2 is 0.514 bits per heavy atom. The molecule has 0 aromatic carbocycles. The van der Waals surface area contributed by atoms with Crippen LogP contribution in [-0.2, 0) is 0 Å². The van der Waals surface area contributed by atoms with E-state index in [0.717, 1.165) is 12.3 Å². The van der Waals surface area contributed by atoms with Crippen LogP contribution in [0.1, 0.15) is 219 Å². The van der Waals surface area contributed by atoms with Gasteiger partial charge in [-0.15, -0.1) is 0 Å². The molecule has 1 nitrogen and oxygen atoms in total. The van der Waals surface area contributed by atoms with Crippen LogP contribution in [0.3, 0.4) is 0 Å². The smallest absolute Gasteiger partial charge is 0.0431 e. The van der Waals surface area contributed by atoms with Gasteiger partial charge in [-0.2, -0.15) is 0 Å². The summed E-state index contributed by atoms with van der Waals surface area (Å²) >= 11 is 0. The Balaban J connectivity index is 3.46. The minimum absolute atomic E-state index is 0.383. The van der Waals surface area contributed by atoms with Crippen LogP contribution in [0, 0.1) is 5.92 Å². The SMILES string of the molecule is CCCCCCCCCCCCCCCCC(CCCO)CCCCCCCCCCCCCCCC. The van der Waals surface area contributed by atoms with Crippen molar-refractivity contribution in [2.75, 3.05) is 6.61 Å². The number of aliphatic hydroxyl groups is 1. The monoisotopic (exact) mass is 523 g/mol. The highest BCUT2D eigenvalue weighted by Crippen LogP contribution is 2.23. The van der Waals surface area contributed by atoms with E-state index in [1.54, 1.807) is 0 Å². The Hall–Kier alpha value is -0.0400. The first-order valence-electron chi connectivity index (χ1n) is 18.0. The molecule has 0 rings (SSSR count). The summed E-state index contributed by atoms with van der Waals surface area (Å²) in [5.74, 6) is 0.877. The van der Waals surface area contributed by atoms with E-state index in [1.807, 2.05) is 0 Å². The van der Waals surface area contributed by atoms with Crippen molar-refractivity contribution in [2.24, 2.45) is 5.92 Å². The Labute approximate surface area is 236 Å². The third-order valence-electron chi connectivity index (χ3n) is 8.70. The van der Waals surface area contributed by atoms with E-state index in [4.69, 9.17) is 0 Å². The summed E-state index contributed by atoms with van der Waals surface area (Å²) in [4.78, 5) is 0. The van der Waals surface area contributed by atoms with Gasteiger partial charge in [0.2, 0.25) is 0 Å². The van der Waals surface area contributed by atoms with Crippen molar-refractivity contribution in [3.05, 3.63) is 0 Å². The van der Waals surface area contributed by atoms with Crippen LogP contribution in [0.4, 0.5) is 0 Å². The van der Waals surface area contributed by atoms with Crippen molar-refractivity contribution < 1.29 is 5.11 Å². The molecule has 0 unspecified atom stereocenters. The normalized spacial score (nSPS) is 11.7. The molecule has 37 heavy (non-hydrogen) atoms. The number of aliphatic hydroxyl groups excluding tert-OH is 1. The zero-order valence-electron chi connectivity index (χ0n) is 26.4. The topological polar surface area (TPSA) is 20.2 Å². The standard InChI is InChI=1S/C36H74O/c1-3-5-7-9-11-13-15-17-19-21-23-25-27-29-32-36(34-31-35-37)33-30-28-26-24-22-20-18-16-14-12-10-8-6-4-2/h36-37H,3-35H2,1-2H3. The van der Waals surface area contributed by atoms with Gasteiger partial charge in [-0.1, -0.05) is 206 Å². The summed E-state index contributed by atoms with van der Waals surface area (Å²) in [7, 11) is 0. The van der Waals surface area contributed by atoms with Crippen LogP contribution < -0.4 is 0 Å². The van der Waals surface area contributed by atoms with Crippen molar-refractivity contribution in [3.63, 3.8) is 0 Å². The Morgan fingerprint density at radius 3 is 0.757 bits per heavy atom. The first kappa shape index (κ1) is 37.0. The van der Waals surface area contributed by atoms with E-state index in [1.165, 1.54) is 199 Å². The van der Waals surface area contributed by atoms with Crippen molar-refractivity contribution in [1.82, 2.24) is 0 Å². The van der Waals surface area contributed by atoms with E-state index in [9.17, 15) is 5.11 Å². The fourth-order valence-corrected chi connectivity index (χ4v) is 6.07. The minimum Gasteiger partial charge on any atom is -0.396 e. The second kappa shape index (κ2) is 34.0. The van der Waals surface area contributed by atoms with Gasteiger partial charge in [0.25, 0.3) is 0 Å². The summed E-state index contributed by atoms with van der Waals surface area (Å²) in [6.45, 7) is 4.99. The van der Waals surface area contributed by atoms with E-state index >= 15 is 0 Å². The second-order valence-corrected chi connectivity index (χ2v) is 12.5. The number of rotatable bonds is 33. The van der Waals surface area contributed by atoms with E-state index in [0.29, 0.717) is 6.61 Å². The summed E-state index contributed by atoms with van der Waals surface area (Å²) in [5.41, 5.74) is 0. The Kier molecular flexibility index (Phi) is 34.0. The molecule has 0 fully saturated rings. The molecule has 0 amide bonds. The van der Waals surface area contributed by atoms with Gasteiger partial charge in [0.1, 0.15) is 0 Å². The Bertz CT molecular complexity index is 347. The maximum absolute atomic E-state index is 9.30. The van der Waals surface area contributed by atoms with E-state index in [-0.39, 0.29) is 0 Å². The summed E-state index contributed by atoms with van der Waals surface area (Å²) in [5, 5.41) is 9.30. The van der Waals surface area contributed by atoms with Crippen LogP contribution in [0.2, 0.25) is 0 Å². The lowest BCUT2D eigenvalue weighted by Crippen LogP contribution is -2.02. The average molecular weight is 523 g/mol. The predicted octanol–water partition coefficient (Wildman–Crippen LogP) is 13.1. The molecule has 0 aromatic rings. The van der Waals surface area contributed by atoms with E-state index < -0.39 is 0 Å². The molecule has 0 bridgehead atoms. The molecule has 1 heteroatoms. The van der Waals surface area contributed by atoms with Gasteiger partial charge in [-0.25, -0.2) is 0 Å². The molecular weight excluding hydrogens is 448 g/mol. The Morgan fingerprint density at radius 1 is 0.297 bits per heavy atom. The van der Waals surface area contributed by atoms with Crippen molar-refractivity contribution >= 4 is 0 Å². The molecule has 224 valence electrons. The quantitative estimate of drug-likeness (QED) is 0.0849. The molecular formula is C36H74O. The van der Waals surface area contributed by atoms with E-state index in [2.05, 4.69) is 13.8 Å². The fourth-order valence-electron chi connectivity index (χ4n) is 6.07. The molecule has 0 heterocycles. The molecule has 0 atom stereocenters. The molecule has 0 saturated carbocycles. The third kappa shape index (κ3) is 32.1. The molecule has 1 N–H and O–H groups in total. The maximum atomic E-state index is 9.30. The molecule has 0 aromatic heterocycles. The highest BCUT2D eigenvalue weighted by molar-refractivity contribution is 4.62. The zero-order valence-corrected chi connectivity index (χ0v) is 26.4. The van der Waals surface area contributed by atoms with Crippen molar-refractivity contribution in [1.29, 1.82) is 0 Å². The van der Waals surface area contributed by atoms with Crippen LogP contribution in [0.15, 0.2) is 0 Å². The lowest BCUT2D eigenvalue weighted by atomic mass is 9.90. The zero-order chi connectivity index (χ0) is 26.9. The third-order valence-corrected chi connectivity index (χ3v) is 8.70. The molecule has 0 spiro atoms. The highest BCUT2D eigenvalue weighted by Gasteiger charge is 2.08. The average Bonchev–Trinajstić information content (AvgIpc) is 2.91. The van der Waals surface area contributed by atoms with Crippen LogP contribution in [0.25, 0.3) is 0 Å². The largest absolute Gasteiger partial charge is 0.396 e. The first-order chi connectivity index (χ1) is 18.3.